The number of pyridine rings is 1. The number of hydrogen-bond acceptors (Lipinski definition) is 6. The van der Waals surface area contributed by atoms with Crippen molar-refractivity contribution in [2.45, 2.75) is 33.6 Å². The second kappa shape index (κ2) is 9.21. The molecule has 7 heteroatoms. The van der Waals surface area contributed by atoms with Crippen molar-refractivity contribution in [2.24, 2.45) is 5.73 Å². The number of allylic oxidation sites excluding steroid dienone is 2. The zero-order chi connectivity index (χ0) is 20.1. The number of anilines is 1. The average molecular weight is 386 g/mol. The van der Waals surface area contributed by atoms with Gasteiger partial charge in [0.15, 0.2) is 5.78 Å². The summed E-state index contributed by atoms with van der Waals surface area (Å²) >= 11 is 0. The first-order valence-electron chi connectivity index (χ1n) is 10.0. The number of rotatable bonds is 8. The predicted octanol–water partition coefficient (Wildman–Crippen LogP) is 2.31. The van der Waals surface area contributed by atoms with E-state index in [1.807, 2.05) is 18.3 Å². The van der Waals surface area contributed by atoms with Gasteiger partial charge in [0, 0.05) is 43.6 Å². The van der Waals surface area contributed by atoms with Crippen LogP contribution >= 0.6 is 0 Å². The summed E-state index contributed by atoms with van der Waals surface area (Å²) in [6, 6.07) is 3.88. The highest BCUT2D eigenvalue weighted by Crippen LogP contribution is 2.24. The minimum atomic E-state index is -0.0338. The zero-order valence-electron chi connectivity index (χ0n) is 17.1. The molecule has 0 unspecified atom stereocenters. The van der Waals surface area contributed by atoms with E-state index >= 15 is 0 Å². The molecule has 0 aliphatic carbocycles. The van der Waals surface area contributed by atoms with Crippen LogP contribution in [0.25, 0.3) is 11.2 Å². The van der Waals surface area contributed by atoms with Crippen LogP contribution in [-0.2, 0) is 16.0 Å². The molecule has 152 valence electrons. The van der Waals surface area contributed by atoms with Crippen LogP contribution in [0.3, 0.4) is 0 Å². The topological polar surface area (TPSA) is 84.9 Å². The van der Waals surface area contributed by atoms with Crippen molar-refractivity contribution in [3.63, 3.8) is 0 Å². The number of aryl methyl sites for hydroxylation is 1. The van der Waals surface area contributed by atoms with Crippen LogP contribution in [0.1, 0.15) is 38.4 Å². The Balaban J connectivity index is 1.85. The summed E-state index contributed by atoms with van der Waals surface area (Å²) in [5.74, 6) is 1.00. The highest BCUT2D eigenvalue weighted by molar-refractivity contribution is 6.20. The van der Waals surface area contributed by atoms with E-state index in [-0.39, 0.29) is 5.78 Å². The first kappa shape index (κ1) is 20.4. The molecule has 0 radical (unpaired) electrons. The zero-order valence-corrected chi connectivity index (χ0v) is 17.1. The number of morpholine rings is 1. The summed E-state index contributed by atoms with van der Waals surface area (Å²) in [7, 11) is 0. The van der Waals surface area contributed by atoms with E-state index < -0.39 is 0 Å². The summed E-state index contributed by atoms with van der Waals surface area (Å²) < 4.78 is 7.48. The largest absolute Gasteiger partial charge is 0.402 e. The van der Waals surface area contributed by atoms with Gasteiger partial charge in [0.05, 0.1) is 18.9 Å². The van der Waals surface area contributed by atoms with E-state index in [0.717, 1.165) is 75.0 Å². The van der Waals surface area contributed by atoms with Gasteiger partial charge in [-0.3, -0.25) is 14.1 Å². The maximum absolute atomic E-state index is 12.0. The van der Waals surface area contributed by atoms with Gasteiger partial charge in [-0.1, -0.05) is 13.3 Å². The van der Waals surface area contributed by atoms with Gasteiger partial charge in [-0.15, -0.1) is 0 Å². The highest BCUT2D eigenvalue weighted by atomic mass is 16.5. The number of fused-ring (bicyclic) bond motifs is 1. The summed E-state index contributed by atoms with van der Waals surface area (Å²) in [6.07, 6.45) is 3.90. The van der Waals surface area contributed by atoms with Gasteiger partial charge >= 0.3 is 0 Å². The summed E-state index contributed by atoms with van der Waals surface area (Å²) in [4.78, 5) is 19.2. The Kier molecular flexibility index (Phi) is 6.70. The minimum Gasteiger partial charge on any atom is -0.402 e. The van der Waals surface area contributed by atoms with Crippen molar-refractivity contribution in [3.05, 3.63) is 35.3 Å². The third-order valence-corrected chi connectivity index (χ3v) is 5.04. The first-order chi connectivity index (χ1) is 13.5. The molecule has 1 aliphatic rings. The fourth-order valence-corrected chi connectivity index (χ4v) is 3.71. The molecule has 3 rings (SSSR count). The Bertz CT molecular complexity index is 861. The number of Topliss-reactive ketones (excluding diaryl/α,β-unsaturated/α-hetero) is 1. The minimum absolute atomic E-state index is 0.0338. The van der Waals surface area contributed by atoms with E-state index in [1.165, 1.54) is 0 Å². The van der Waals surface area contributed by atoms with Crippen molar-refractivity contribution < 1.29 is 9.53 Å². The molecule has 0 atom stereocenters. The molecular formula is C21H31N5O2. The maximum Gasteiger partial charge on any atom is 0.162 e. The number of carbonyl (C=O) groups excluding carboxylic acids is 1. The standard InChI is InChI=1S/C21H31N5O2/c1-4-5-18-21(23-7-9-25-10-12-28-13-11-25)26-8-6-17(14-19(26)24-18)20(15(2)22)16(3)27/h6,8,14,23H,4-5,7,9-13,22H2,1-3H3. The third kappa shape index (κ3) is 4.54. The van der Waals surface area contributed by atoms with Gasteiger partial charge in [-0.05, 0) is 38.0 Å². The van der Waals surface area contributed by atoms with E-state index in [1.54, 1.807) is 13.8 Å². The van der Waals surface area contributed by atoms with Gasteiger partial charge < -0.3 is 15.8 Å². The van der Waals surface area contributed by atoms with E-state index in [2.05, 4.69) is 21.5 Å². The molecule has 1 fully saturated rings. The quantitative estimate of drug-likeness (QED) is 0.679. The molecule has 0 spiro atoms. The van der Waals surface area contributed by atoms with Gasteiger partial charge in [0.1, 0.15) is 11.5 Å². The number of ketones is 1. The lowest BCUT2D eigenvalue weighted by Gasteiger charge is -2.26. The van der Waals surface area contributed by atoms with Gasteiger partial charge in [-0.25, -0.2) is 4.98 Å². The molecular weight excluding hydrogens is 354 g/mol. The molecule has 3 N–H and O–H groups in total. The van der Waals surface area contributed by atoms with Crippen LogP contribution in [0.2, 0.25) is 0 Å². The second-order valence-corrected chi connectivity index (χ2v) is 7.30. The molecule has 28 heavy (non-hydrogen) atoms. The number of aromatic nitrogens is 2. The lowest BCUT2D eigenvalue weighted by molar-refractivity contribution is -0.111. The lowest BCUT2D eigenvalue weighted by atomic mass is 10.0. The molecule has 1 saturated heterocycles. The van der Waals surface area contributed by atoms with Crippen molar-refractivity contribution in [1.29, 1.82) is 0 Å². The maximum atomic E-state index is 12.0. The Morgan fingerprint density at radius 2 is 2.07 bits per heavy atom. The van der Waals surface area contributed by atoms with Crippen LogP contribution in [0.4, 0.5) is 5.82 Å². The molecule has 7 nitrogen and oxygen atoms in total. The number of hydrogen-bond donors (Lipinski definition) is 2. The molecule has 1 aliphatic heterocycles. The number of nitrogens with two attached hydrogens (primary N) is 1. The van der Waals surface area contributed by atoms with Crippen molar-refractivity contribution in [2.75, 3.05) is 44.7 Å². The third-order valence-electron chi connectivity index (χ3n) is 5.04. The number of imidazole rings is 1. The summed E-state index contributed by atoms with van der Waals surface area (Å²) in [5, 5.41) is 3.58. The molecule has 3 heterocycles. The Labute approximate surface area is 166 Å². The van der Waals surface area contributed by atoms with E-state index in [9.17, 15) is 4.79 Å². The van der Waals surface area contributed by atoms with Crippen LogP contribution in [0.15, 0.2) is 24.0 Å². The van der Waals surface area contributed by atoms with Gasteiger partial charge in [-0.2, -0.15) is 0 Å². The fourth-order valence-electron chi connectivity index (χ4n) is 3.71. The average Bonchev–Trinajstić information content (AvgIpc) is 2.99. The predicted molar refractivity (Wildman–Crippen MR) is 112 cm³/mol. The van der Waals surface area contributed by atoms with Crippen molar-refractivity contribution in [1.82, 2.24) is 14.3 Å². The summed E-state index contributed by atoms with van der Waals surface area (Å²) in [6.45, 7) is 10.9. The normalized spacial score (nSPS) is 16.2. The molecule has 2 aromatic heterocycles. The molecule has 0 saturated carbocycles. The molecule has 0 aromatic carbocycles. The number of ether oxygens (including phenoxy) is 1. The highest BCUT2D eigenvalue weighted by Gasteiger charge is 2.16. The molecule has 2 aromatic rings. The number of nitrogens with zero attached hydrogens (tertiary/aromatic N) is 3. The second-order valence-electron chi connectivity index (χ2n) is 7.30. The van der Waals surface area contributed by atoms with Gasteiger partial charge in [0.25, 0.3) is 0 Å². The lowest BCUT2D eigenvalue weighted by Crippen LogP contribution is -2.39. The molecule has 0 bridgehead atoms. The monoisotopic (exact) mass is 385 g/mol. The van der Waals surface area contributed by atoms with Crippen molar-refractivity contribution in [3.8, 4) is 0 Å². The van der Waals surface area contributed by atoms with E-state index in [0.29, 0.717) is 11.3 Å². The number of nitrogens with one attached hydrogen (secondary N) is 1. The van der Waals surface area contributed by atoms with Crippen molar-refractivity contribution >= 4 is 22.8 Å². The Morgan fingerprint density at radius 3 is 2.71 bits per heavy atom. The van der Waals surface area contributed by atoms with Crippen LogP contribution in [-0.4, -0.2) is 59.5 Å². The number of carbonyl (C=O) groups is 1. The summed E-state index contributed by atoms with van der Waals surface area (Å²) in [5.41, 5.74) is 9.72. The SMILES string of the molecule is CCCc1nc2cc(C(C(C)=O)=C(C)N)ccn2c1NCCN1CCOCC1. The van der Waals surface area contributed by atoms with Crippen LogP contribution < -0.4 is 11.1 Å². The van der Waals surface area contributed by atoms with E-state index in [4.69, 9.17) is 15.5 Å². The smallest absolute Gasteiger partial charge is 0.162 e. The Hall–Kier alpha value is -2.38. The van der Waals surface area contributed by atoms with Crippen LogP contribution in [0.5, 0.6) is 0 Å². The first-order valence-corrected chi connectivity index (χ1v) is 10.0. The fraction of sp³-hybridized carbons (Fsp3) is 0.524. The van der Waals surface area contributed by atoms with Crippen LogP contribution in [0, 0.1) is 0 Å². The molecule has 0 amide bonds. The van der Waals surface area contributed by atoms with Gasteiger partial charge in [0.2, 0.25) is 0 Å². The Morgan fingerprint density at radius 1 is 1.32 bits per heavy atom.